The number of nitrogens with one attached hydrogen (secondary N) is 2. The summed E-state index contributed by atoms with van der Waals surface area (Å²) >= 11 is 0. The van der Waals surface area contributed by atoms with E-state index in [-0.39, 0.29) is 12.3 Å². The number of benzene rings is 2. The van der Waals surface area contributed by atoms with Crippen molar-refractivity contribution in [2.24, 2.45) is 0 Å². The van der Waals surface area contributed by atoms with Crippen LogP contribution in [0.15, 0.2) is 48.5 Å². The molecule has 1 fully saturated rings. The monoisotopic (exact) mass is 421 g/mol. The Balaban J connectivity index is 1.64. The number of halogens is 3. The molecule has 10 heteroatoms. The van der Waals surface area contributed by atoms with Crippen LogP contribution in [0.1, 0.15) is 18.1 Å². The van der Waals surface area contributed by atoms with E-state index in [9.17, 15) is 27.6 Å². The van der Waals surface area contributed by atoms with Gasteiger partial charge in [0.25, 0.3) is 5.91 Å². The van der Waals surface area contributed by atoms with Crippen molar-refractivity contribution >= 4 is 17.8 Å². The third-order valence-electron chi connectivity index (χ3n) is 4.64. The predicted octanol–water partition coefficient (Wildman–Crippen LogP) is 2.51. The van der Waals surface area contributed by atoms with E-state index in [0.717, 1.165) is 4.90 Å². The molecule has 0 aromatic heterocycles. The maximum Gasteiger partial charge on any atom is 0.387 e. The minimum Gasteiger partial charge on any atom is -0.435 e. The van der Waals surface area contributed by atoms with E-state index in [1.165, 1.54) is 55.5 Å². The zero-order valence-corrected chi connectivity index (χ0v) is 15.8. The van der Waals surface area contributed by atoms with Gasteiger partial charge in [-0.05, 0) is 42.3 Å². The zero-order chi connectivity index (χ0) is 21.9. The molecule has 3 rings (SSSR count). The van der Waals surface area contributed by atoms with Gasteiger partial charge in [0.05, 0.1) is 0 Å². The molecule has 1 unspecified atom stereocenters. The molecular weight excluding hydrogens is 403 g/mol. The van der Waals surface area contributed by atoms with E-state index in [2.05, 4.69) is 15.4 Å². The number of nitrogens with zero attached hydrogens (tertiary/aromatic N) is 1. The first-order valence-electron chi connectivity index (χ1n) is 8.89. The number of carbonyl (C=O) groups excluding carboxylic acids is 3. The second kappa shape index (κ2) is 8.44. The average molecular weight is 421 g/mol. The third-order valence-corrected chi connectivity index (χ3v) is 4.64. The Morgan fingerprint density at radius 1 is 1.13 bits per heavy atom. The van der Waals surface area contributed by atoms with Gasteiger partial charge in [-0.15, -0.1) is 0 Å². The summed E-state index contributed by atoms with van der Waals surface area (Å²) in [6.07, 6.45) is 0. The number of imide groups is 1. The van der Waals surface area contributed by atoms with Crippen LogP contribution in [0, 0.1) is 5.82 Å². The first-order chi connectivity index (χ1) is 14.2. The molecule has 2 aromatic rings. The molecule has 1 aliphatic rings. The van der Waals surface area contributed by atoms with Crippen molar-refractivity contribution in [1.82, 2.24) is 15.5 Å². The molecule has 1 aliphatic heterocycles. The number of hydrogen-bond donors (Lipinski definition) is 2. The molecule has 1 saturated heterocycles. The molecule has 2 N–H and O–H groups in total. The topological polar surface area (TPSA) is 87.7 Å². The fourth-order valence-corrected chi connectivity index (χ4v) is 3.01. The number of ether oxygens (including phenoxy) is 1. The van der Waals surface area contributed by atoms with Crippen molar-refractivity contribution in [2.75, 3.05) is 6.54 Å². The highest BCUT2D eigenvalue weighted by Gasteiger charge is 2.49. The van der Waals surface area contributed by atoms with Crippen LogP contribution in [0.4, 0.5) is 18.0 Å². The molecule has 0 spiro atoms. The Bertz CT molecular complexity index is 951. The molecule has 0 aliphatic carbocycles. The van der Waals surface area contributed by atoms with Gasteiger partial charge >= 0.3 is 12.6 Å². The number of alkyl halides is 2. The minimum atomic E-state index is -2.98. The number of rotatable bonds is 7. The average Bonchev–Trinajstić information content (AvgIpc) is 2.91. The van der Waals surface area contributed by atoms with E-state index >= 15 is 0 Å². The molecule has 30 heavy (non-hydrogen) atoms. The van der Waals surface area contributed by atoms with E-state index in [1.807, 2.05) is 0 Å². The van der Waals surface area contributed by atoms with Crippen LogP contribution in [0.3, 0.4) is 0 Å². The van der Waals surface area contributed by atoms with E-state index < -0.39 is 42.4 Å². The quantitative estimate of drug-likeness (QED) is 0.673. The van der Waals surface area contributed by atoms with Crippen LogP contribution >= 0.6 is 0 Å². The van der Waals surface area contributed by atoms with Crippen molar-refractivity contribution in [3.8, 4) is 5.75 Å². The first-order valence-corrected chi connectivity index (χ1v) is 8.89. The SMILES string of the molecule is CC1(c2ccc(OC(F)F)cc2)NC(=O)N(CC(=O)NCc2ccc(F)cc2)C1=O. The third kappa shape index (κ3) is 4.53. The van der Waals surface area contributed by atoms with E-state index in [4.69, 9.17) is 0 Å². The number of urea groups is 1. The number of amides is 4. The molecule has 1 atom stereocenters. The normalized spacial score (nSPS) is 18.5. The summed E-state index contributed by atoms with van der Waals surface area (Å²) in [4.78, 5) is 38.0. The van der Waals surface area contributed by atoms with Crippen molar-refractivity contribution in [2.45, 2.75) is 25.6 Å². The molecule has 158 valence electrons. The second-order valence-electron chi connectivity index (χ2n) is 6.75. The van der Waals surface area contributed by atoms with Gasteiger partial charge in [0.1, 0.15) is 23.7 Å². The van der Waals surface area contributed by atoms with Gasteiger partial charge in [0.2, 0.25) is 5.91 Å². The van der Waals surface area contributed by atoms with Gasteiger partial charge in [-0.2, -0.15) is 8.78 Å². The number of carbonyl (C=O) groups is 3. The maximum atomic E-state index is 12.9. The lowest BCUT2D eigenvalue weighted by atomic mass is 9.92. The summed E-state index contributed by atoms with van der Waals surface area (Å²) in [6.45, 7) is -1.94. The molecular formula is C20H18F3N3O4. The van der Waals surface area contributed by atoms with Gasteiger partial charge in [-0.25, -0.2) is 9.18 Å². The lowest BCUT2D eigenvalue weighted by molar-refractivity contribution is -0.134. The fraction of sp³-hybridized carbons (Fsp3) is 0.250. The minimum absolute atomic E-state index is 0.0915. The van der Waals surface area contributed by atoms with Gasteiger partial charge in [0, 0.05) is 6.54 Å². The summed E-state index contributed by atoms with van der Waals surface area (Å²) in [5.74, 6) is -1.73. The molecule has 2 aromatic carbocycles. The van der Waals surface area contributed by atoms with Crippen LogP contribution in [0.2, 0.25) is 0 Å². The summed E-state index contributed by atoms with van der Waals surface area (Å²) < 4.78 is 41.7. The van der Waals surface area contributed by atoms with Crippen LogP contribution < -0.4 is 15.4 Å². The Labute approximate surface area is 169 Å². The predicted molar refractivity (Wildman–Crippen MR) is 98.9 cm³/mol. The highest BCUT2D eigenvalue weighted by molar-refractivity contribution is 6.09. The zero-order valence-electron chi connectivity index (χ0n) is 15.8. The summed E-state index contributed by atoms with van der Waals surface area (Å²) in [6, 6.07) is 10.0. The van der Waals surface area contributed by atoms with Gasteiger partial charge in [-0.1, -0.05) is 24.3 Å². The Kier molecular flexibility index (Phi) is 5.95. The standard InChI is InChI=1S/C20H18F3N3O4/c1-20(13-4-8-15(9-5-13)30-18(22)23)17(28)26(19(29)25-20)11-16(27)24-10-12-2-6-14(21)7-3-12/h2-9,18H,10-11H2,1H3,(H,24,27)(H,25,29). The molecule has 0 radical (unpaired) electrons. The van der Waals surface area contributed by atoms with Crippen LogP contribution in [-0.2, 0) is 21.7 Å². The van der Waals surface area contributed by atoms with Crippen LogP contribution in [0.25, 0.3) is 0 Å². The second-order valence-corrected chi connectivity index (χ2v) is 6.75. The number of hydrogen-bond acceptors (Lipinski definition) is 4. The summed E-state index contributed by atoms with van der Waals surface area (Å²) in [5, 5.41) is 5.08. The summed E-state index contributed by atoms with van der Waals surface area (Å²) in [5.41, 5.74) is -0.466. The van der Waals surface area contributed by atoms with Crippen LogP contribution in [0.5, 0.6) is 5.75 Å². The van der Waals surface area contributed by atoms with Gasteiger partial charge in [-0.3, -0.25) is 14.5 Å². The first kappa shape index (κ1) is 21.2. The largest absolute Gasteiger partial charge is 0.435 e. The Hall–Kier alpha value is -3.56. The molecule has 7 nitrogen and oxygen atoms in total. The molecule has 4 amide bonds. The fourth-order valence-electron chi connectivity index (χ4n) is 3.01. The summed E-state index contributed by atoms with van der Waals surface area (Å²) in [7, 11) is 0. The molecule has 0 bridgehead atoms. The highest BCUT2D eigenvalue weighted by atomic mass is 19.3. The van der Waals surface area contributed by atoms with Gasteiger partial charge < -0.3 is 15.4 Å². The highest BCUT2D eigenvalue weighted by Crippen LogP contribution is 2.30. The Morgan fingerprint density at radius 2 is 1.77 bits per heavy atom. The smallest absolute Gasteiger partial charge is 0.387 e. The molecule has 0 saturated carbocycles. The van der Waals surface area contributed by atoms with Crippen molar-refractivity contribution in [3.63, 3.8) is 0 Å². The van der Waals surface area contributed by atoms with E-state index in [0.29, 0.717) is 11.1 Å². The van der Waals surface area contributed by atoms with Crippen LogP contribution in [-0.4, -0.2) is 35.9 Å². The van der Waals surface area contributed by atoms with Crippen molar-refractivity contribution in [3.05, 3.63) is 65.5 Å². The lowest BCUT2D eigenvalue weighted by Crippen LogP contribution is -2.43. The Morgan fingerprint density at radius 3 is 2.37 bits per heavy atom. The van der Waals surface area contributed by atoms with Crippen molar-refractivity contribution in [1.29, 1.82) is 0 Å². The lowest BCUT2D eigenvalue weighted by Gasteiger charge is -2.22. The molecule has 1 heterocycles. The van der Waals surface area contributed by atoms with Crippen molar-refractivity contribution < 1.29 is 32.3 Å². The van der Waals surface area contributed by atoms with E-state index in [1.54, 1.807) is 0 Å². The van der Waals surface area contributed by atoms with Gasteiger partial charge in [0.15, 0.2) is 0 Å². The maximum absolute atomic E-state index is 12.9.